The molecule has 0 bridgehead atoms. The molecule has 0 aromatic heterocycles. The summed E-state index contributed by atoms with van der Waals surface area (Å²) in [6, 6.07) is 8.82. The number of hydrogen-bond donors (Lipinski definition) is 0. The van der Waals surface area contributed by atoms with Crippen molar-refractivity contribution >= 4 is 40.2 Å². The van der Waals surface area contributed by atoms with Gasteiger partial charge >= 0.3 is 0 Å². The molecule has 2 nitrogen and oxygen atoms in total. The van der Waals surface area contributed by atoms with Gasteiger partial charge in [0.25, 0.3) is 0 Å². The van der Waals surface area contributed by atoms with Crippen molar-refractivity contribution in [1.29, 1.82) is 0 Å². The molecule has 1 fully saturated rings. The normalized spacial score (nSPS) is 20.6. The second kappa shape index (κ2) is 5.56. The molecule has 2 rings (SSSR count). The average Bonchev–Trinajstić information content (AvgIpc) is 2.30. The summed E-state index contributed by atoms with van der Waals surface area (Å²) in [6.45, 7) is 5.58. The third-order valence-electron chi connectivity index (χ3n) is 3.08. The Kier molecular flexibility index (Phi) is 4.33. The molecule has 1 heterocycles. The van der Waals surface area contributed by atoms with Crippen LogP contribution in [0.2, 0.25) is 5.02 Å². The number of halogens is 2. The van der Waals surface area contributed by atoms with E-state index in [9.17, 15) is 0 Å². The zero-order chi connectivity index (χ0) is 11.5. The second-order valence-corrected chi connectivity index (χ2v) is 5.76. The first-order valence-electron chi connectivity index (χ1n) is 5.63. The minimum Gasteiger partial charge on any atom is -0.370 e. The number of benzene rings is 1. The van der Waals surface area contributed by atoms with E-state index in [1.165, 1.54) is 18.7 Å². The van der Waals surface area contributed by atoms with Crippen molar-refractivity contribution in [3.05, 3.63) is 29.3 Å². The summed E-state index contributed by atoms with van der Waals surface area (Å²) < 4.78 is 2.39. The molecule has 0 aliphatic carbocycles. The summed E-state index contributed by atoms with van der Waals surface area (Å²) in [6.07, 6.45) is 1.31. The Morgan fingerprint density at radius 2 is 2.12 bits per heavy atom. The summed E-state index contributed by atoms with van der Waals surface area (Å²) in [5.41, 5.74) is 1.27. The predicted octanol–water partition coefficient (Wildman–Crippen LogP) is 3.59. The Labute approximate surface area is 116 Å². The van der Waals surface area contributed by atoms with Gasteiger partial charge in [0.1, 0.15) is 0 Å². The molecule has 0 N–H and O–H groups in total. The van der Waals surface area contributed by atoms with Crippen LogP contribution in [-0.4, -0.2) is 28.8 Å². The molecule has 1 aromatic rings. The number of anilines is 1. The van der Waals surface area contributed by atoms with E-state index >= 15 is 0 Å². The van der Waals surface area contributed by atoms with E-state index < -0.39 is 0 Å². The first-order valence-corrected chi connectivity index (χ1v) is 6.98. The van der Waals surface area contributed by atoms with Crippen molar-refractivity contribution in [3.63, 3.8) is 0 Å². The minimum absolute atomic E-state index is 0.705. The lowest BCUT2D eigenvalue weighted by atomic mass is 10.1. The fraction of sp³-hybridized carbons (Fsp3) is 0.500. The maximum atomic E-state index is 5.90. The van der Waals surface area contributed by atoms with Crippen LogP contribution < -0.4 is 4.90 Å². The van der Waals surface area contributed by atoms with Gasteiger partial charge in [-0.15, -0.1) is 0 Å². The van der Waals surface area contributed by atoms with Gasteiger partial charge in [-0.3, -0.25) is 0 Å². The van der Waals surface area contributed by atoms with E-state index in [4.69, 9.17) is 11.6 Å². The lowest BCUT2D eigenvalue weighted by molar-refractivity contribution is 0.250. The molecular formula is C12H16ClIN2. The Bertz CT molecular complexity index is 341. The number of nitrogens with zero attached hydrogens (tertiary/aromatic N) is 2. The highest BCUT2D eigenvalue weighted by Gasteiger charge is 2.27. The van der Waals surface area contributed by atoms with Crippen molar-refractivity contribution in [3.8, 4) is 0 Å². The molecule has 1 atom stereocenters. The second-order valence-electron chi connectivity index (χ2n) is 4.08. The zero-order valence-electron chi connectivity index (χ0n) is 9.37. The van der Waals surface area contributed by atoms with Gasteiger partial charge in [0.15, 0.2) is 0 Å². The monoisotopic (exact) mass is 350 g/mol. The molecule has 4 heteroatoms. The maximum absolute atomic E-state index is 5.90. The Balaban J connectivity index is 2.01. The fourth-order valence-electron chi connectivity index (χ4n) is 1.91. The molecule has 1 aliphatic heterocycles. The first kappa shape index (κ1) is 12.5. The van der Waals surface area contributed by atoms with Gasteiger partial charge < -0.3 is 4.90 Å². The van der Waals surface area contributed by atoms with Gasteiger partial charge in [-0.1, -0.05) is 11.6 Å². The summed E-state index contributed by atoms with van der Waals surface area (Å²) in [7, 11) is 0. The van der Waals surface area contributed by atoms with Crippen LogP contribution in [0.1, 0.15) is 13.3 Å². The summed E-state index contributed by atoms with van der Waals surface area (Å²) >= 11 is 8.31. The van der Waals surface area contributed by atoms with Gasteiger partial charge in [-0.25, -0.2) is 3.11 Å². The van der Waals surface area contributed by atoms with Crippen molar-refractivity contribution in [2.45, 2.75) is 19.4 Å². The van der Waals surface area contributed by atoms with Crippen LogP contribution in [-0.2, 0) is 0 Å². The van der Waals surface area contributed by atoms with Crippen molar-refractivity contribution in [1.82, 2.24) is 3.11 Å². The highest BCUT2D eigenvalue weighted by atomic mass is 127. The SMILES string of the molecule is CCN(CC1CCN1I)c1ccc(Cl)cc1. The average molecular weight is 351 g/mol. The molecule has 1 saturated heterocycles. The van der Waals surface area contributed by atoms with E-state index in [0.29, 0.717) is 6.04 Å². The zero-order valence-corrected chi connectivity index (χ0v) is 12.3. The van der Waals surface area contributed by atoms with E-state index in [2.05, 4.69) is 49.9 Å². The topological polar surface area (TPSA) is 6.48 Å². The summed E-state index contributed by atoms with van der Waals surface area (Å²) in [5.74, 6) is 0. The Morgan fingerprint density at radius 1 is 1.44 bits per heavy atom. The molecular weight excluding hydrogens is 335 g/mol. The van der Waals surface area contributed by atoms with Crippen LogP contribution in [0.25, 0.3) is 0 Å². The van der Waals surface area contributed by atoms with Gasteiger partial charge in [-0.05, 0) is 37.6 Å². The minimum atomic E-state index is 0.705. The van der Waals surface area contributed by atoms with Crippen LogP contribution in [0.4, 0.5) is 5.69 Å². The van der Waals surface area contributed by atoms with E-state index in [-0.39, 0.29) is 0 Å². The van der Waals surface area contributed by atoms with Gasteiger partial charge in [0.05, 0.1) is 0 Å². The Morgan fingerprint density at radius 3 is 2.56 bits per heavy atom. The lowest BCUT2D eigenvalue weighted by Gasteiger charge is -2.39. The Hall–Kier alpha value is -0.0000000000000000555. The van der Waals surface area contributed by atoms with E-state index in [1.54, 1.807) is 0 Å². The van der Waals surface area contributed by atoms with Crippen LogP contribution in [0.15, 0.2) is 24.3 Å². The predicted molar refractivity (Wildman–Crippen MR) is 78.5 cm³/mol. The standard InChI is InChI=1S/C12H16ClIN2/c1-2-15(9-12-7-8-16(12)14)11-5-3-10(13)4-6-11/h3-6,12H,2,7-9H2,1H3. The largest absolute Gasteiger partial charge is 0.370 e. The smallest absolute Gasteiger partial charge is 0.0407 e. The van der Waals surface area contributed by atoms with Crippen LogP contribution in [0.5, 0.6) is 0 Å². The van der Waals surface area contributed by atoms with Crippen molar-refractivity contribution in [2.24, 2.45) is 0 Å². The third-order valence-corrected chi connectivity index (χ3v) is 4.60. The van der Waals surface area contributed by atoms with Crippen molar-refractivity contribution < 1.29 is 0 Å². The molecule has 1 unspecified atom stereocenters. The van der Waals surface area contributed by atoms with E-state index in [1.807, 2.05) is 12.1 Å². The van der Waals surface area contributed by atoms with Gasteiger partial charge in [-0.2, -0.15) is 0 Å². The van der Waals surface area contributed by atoms with Crippen LogP contribution in [0.3, 0.4) is 0 Å². The van der Waals surface area contributed by atoms with E-state index in [0.717, 1.165) is 18.1 Å². The molecule has 0 amide bonds. The highest BCUT2D eigenvalue weighted by molar-refractivity contribution is 14.1. The molecule has 1 aromatic carbocycles. The molecule has 16 heavy (non-hydrogen) atoms. The molecule has 0 spiro atoms. The fourth-order valence-corrected chi connectivity index (χ4v) is 2.77. The quantitative estimate of drug-likeness (QED) is 0.605. The maximum Gasteiger partial charge on any atom is 0.0407 e. The lowest BCUT2D eigenvalue weighted by Crippen LogP contribution is -2.48. The first-order chi connectivity index (χ1) is 7.70. The summed E-state index contributed by atoms with van der Waals surface area (Å²) in [4.78, 5) is 2.41. The number of hydrogen-bond acceptors (Lipinski definition) is 2. The molecule has 88 valence electrons. The summed E-state index contributed by atoms with van der Waals surface area (Å²) in [5, 5.41) is 0.805. The molecule has 0 radical (unpaired) electrons. The molecule has 0 saturated carbocycles. The molecule has 1 aliphatic rings. The van der Waals surface area contributed by atoms with Crippen molar-refractivity contribution in [2.75, 3.05) is 24.5 Å². The number of likely N-dealkylation sites (N-methyl/N-ethyl adjacent to an activating group) is 1. The van der Waals surface area contributed by atoms with Crippen LogP contribution >= 0.6 is 34.5 Å². The third kappa shape index (κ3) is 2.81. The van der Waals surface area contributed by atoms with Gasteiger partial charge in [0.2, 0.25) is 0 Å². The van der Waals surface area contributed by atoms with Gasteiger partial charge in [0, 0.05) is 59.3 Å². The van der Waals surface area contributed by atoms with Crippen LogP contribution in [0, 0.1) is 0 Å². The highest BCUT2D eigenvalue weighted by Crippen LogP contribution is 2.25. The number of rotatable bonds is 4.